The molecule has 0 spiro atoms. The normalized spacial score (nSPS) is 16.7. The van der Waals surface area contributed by atoms with Gasteiger partial charge in [0.15, 0.2) is 4.96 Å². The van der Waals surface area contributed by atoms with Crippen molar-refractivity contribution in [1.82, 2.24) is 29.9 Å². The first-order valence-corrected chi connectivity index (χ1v) is 13.8. The molecule has 0 atom stereocenters. The standard InChI is InChI=1S/C23H23F2N5OS.C4H9N.2H2/c24-15-6-10-29(11-7-15)9-3-8-26-22(31)18-12-21-20(13-27-18)30-14-19(28-23(30)32-21)16-4-1-2-5-17(16)25;1-2-4-5-3-1;;/h1-2,4-5,12-15H,3,6-11H2,(H,26,31);5H,1-4H2;2*1H. The van der Waals surface area contributed by atoms with E-state index < -0.39 is 6.17 Å². The number of amides is 1. The molecule has 2 aliphatic rings. The molecule has 1 amide bonds. The number of rotatable bonds is 6. The molecule has 0 unspecified atom stereocenters. The Morgan fingerprint density at radius 1 is 1.22 bits per heavy atom. The zero-order valence-electron chi connectivity index (χ0n) is 20.8. The van der Waals surface area contributed by atoms with Crippen molar-refractivity contribution >= 4 is 32.4 Å². The molecule has 37 heavy (non-hydrogen) atoms. The van der Waals surface area contributed by atoms with Crippen LogP contribution in [0.15, 0.2) is 42.7 Å². The Morgan fingerprint density at radius 3 is 2.73 bits per heavy atom. The van der Waals surface area contributed by atoms with Crippen LogP contribution in [0.2, 0.25) is 0 Å². The van der Waals surface area contributed by atoms with Crippen molar-refractivity contribution in [2.45, 2.75) is 38.3 Å². The van der Waals surface area contributed by atoms with Crippen LogP contribution in [0.1, 0.15) is 45.4 Å². The highest BCUT2D eigenvalue weighted by Gasteiger charge is 2.18. The molecule has 3 aromatic heterocycles. The van der Waals surface area contributed by atoms with Crippen molar-refractivity contribution in [2.24, 2.45) is 0 Å². The van der Waals surface area contributed by atoms with Crippen LogP contribution in [0, 0.1) is 5.82 Å². The minimum atomic E-state index is -0.668. The smallest absolute Gasteiger partial charge is 0.269 e. The number of aromatic nitrogens is 3. The number of nitrogens with one attached hydrogen (secondary N) is 2. The number of hydrogen-bond donors (Lipinski definition) is 2. The summed E-state index contributed by atoms with van der Waals surface area (Å²) in [5, 5.41) is 6.14. The first-order valence-electron chi connectivity index (χ1n) is 13.0. The van der Waals surface area contributed by atoms with E-state index in [0.717, 1.165) is 41.2 Å². The van der Waals surface area contributed by atoms with E-state index in [0.29, 0.717) is 36.3 Å². The molecule has 5 heterocycles. The van der Waals surface area contributed by atoms with Gasteiger partial charge < -0.3 is 15.5 Å². The van der Waals surface area contributed by atoms with Crippen LogP contribution >= 0.6 is 11.3 Å². The van der Waals surface area contributed by atoms with E-state index in [1.54, 1.807) is 36.7 Å². The van der Waals surface area contributed by atoms with Crippen LogP contribution in [0.3, 0.4) is 0 Å². The molecule has 0 saturated carbocycles. The second kappa shape index (κ2) is 12.1. The Kier molecular flexibility index (Phi) is 8.38. The van der Waals surface area contributed by atoms with Gasteiger partial charge in [0.05, 0.1) is 22.1 Å². The van der Waals surface area contributed by atoms with E-state index in [9.17, 15) is 13.6 Å². The molecule has 2 saturated heterocycles. The third kappa shape index (κ3) is 6.31. The largest absolute Gasteiger partial charge is 0.351 e. The number of thiazole rings is 1. The molecule has 2 aliphatic heterocycles. The lowest BCUT2D eigenvalue weighted by atomic mass is 10.1. The summed E-state index contributed by atoms with van der Waals surface area (Å²) < 4.78 is 30.1. The van der Waals surface area contributed by atoms with Crippen LogP contribution in [-0.4, -0.2) is 70.6 Å². The van der Waals surface area contributed by atoms with Gasteiger partial charge in [-0.25, -0.2) is 18.7 Å². The second-order valence-corrected chi connectivity index (χ2v) is 10.5. The number of alkyl halides is 1. The second-order valence-electron chi connectivity index (χ2n) is 9.48. The lowest BCUT2D eigenvalue weighted by Gasteiger charge is -2.28. The molecular formula is C27H36F2N6OS. The van der Waals surface area contributed by atoms with Gasteiger partial charge >= 0.3 is 0 Å². The Balaban J connectivity index is 0.000000542. The summed E-state index contributed by atoms with van der Waals surface area (Å²) >= 11 is 1.43. The van der Waals surface area contributed by atoms with Crippen LogP contribution in [0.25, 0.3) is 26.4 Å². The van der Waals surface area contributed by atoms with Gasteiger partial charge in [-0.05, 0) is 69.9 Å². The van der Waals surface area contributed by atoms with Gasteiger partial charge in [0.2, 0.25) is 0 Å². The number of pyridine rings is 1. The zero-order chi connectivity index (χ0) is 25.6. The first-order chi connectivity index (χ1) is 18.1. The van der Waals surface area contributed by atoms with Crippen LogP contribution in [-0.2, 0) is 0 Å². The molecule has 1 aromatic carbocycles. The maximum Gasteiger partial charge on any atom is 0.269 e. The topological polar surface area (TPSA) is 74.6 Å². The minimum Gasteiger partial charge on any atom is -0.351 e. The molecule has 0 radical (unpaired) electrons. The van der Waals surface area contributed by atoms with Crippen molar-refractivity contribution in [3.05, 3.63) is 54.2 Å². The van der Waals surface area contributed by atoms with Gasteiger partial charge in [0.1, 0.15) is 17.7 Å². The molecular weight excluding hydrogens is 494 g/mol. The van der Waals surface area contributed by atoms with Crippen LogP contribution in [0.5, 0.6) is 0 Å². The number of halogens is 2. The molecule has 7 nitrogen and oxygen atoms in total. The highest BCUT2D eigenvalue weighted by Crippen LogP contribution is 2.30. The van der Waals surface area contributed by atoms with Crippen molar-refractivity contribution in [2.75, 3.05) is 39.3 Å². The summed E-state index contributed by atoms with van der Waals surface area (Å²) in [7, 11) is 0. The highest BCUT2D eigenvalue weighted by molar-refractivity contribution is 7.23. The Bertz CT molecular complexity index is 1350. The Morgan fingerprint density at radius 2 is 2.00 bits per heavy atom. The Labute approximate surface area is 221 Å². The van der Waals surface area contributed by atoms with E-state index in [2.05, 4.69) is 25.5 Å². The molecule has 6 rings (SSSR count). The van der Waals surface area contributed by atoms with E-state index in [4.69, 9.17) is 0 Å². The summed E-state index contributed by atoms with van der Waals surface area (Å²) in [6.45, 7) is 5.47. The third-order valence-electron chi connectivity index (χ3n) is 6.77. The fourth-order valence-corrected chi connectivity index (χ4v) is 5.68. The van der Waals surface area contributed by atoms with Gasteiger partial charge in [-0.1, -0.05) is 23.5 Å². The fraction of sp³-hybridized carbons (Fsp3) is 0.444. The van der Waals surface area contributed by atoms with Crippen LogP contribution < -0.4 is 10.6 Å². The summed E-state index contributed by atoms with van der Waals surface area (Å²) in [5.41, 5.74) is 2.20. The van der Waals surface area contributed by atoms with E-state index in [1.807, 2.05) is 4.40 Å². The molecule has 4 aromatic rings. The monoisotopic (exact) mass is 530 g/mol. The van der Waals surface area contributed by atoms with Gasteiger partial charge in [0.25, 0.3) is 5.91 Å². The van der Waals surface area contributed by atoms with Crippen molar-refractivity contribution < 1.29 is 16.4 Å². The van der Waals surface area contributed by atoms with Gasteiger partial charge in [-0.3, -0.25) is 9.20 Å². The highest BCUT2D eigenvalue weighted by atomic mass is 32.1. The summed E-state index contributed by atoms with van der Waals surface area (Å²) in [6, 6.07) is 8.31. The summed E-state index contributed by atoms with van der Waals surface area (Å²) in [4.78, 5) is 24.3. The molecule has 0 aliphatic carbocycles. The quantitative estimate of drug-likeness (QED) is 0.337. The van der Waals surface area contributed by atoms with Gasteiger partial charge in [-0.2, -0.15) is 0 Å². The number of carbonyl (C=O) groups excluding carboxylic acids is 1. The number of fused-ring (bicyclic) bond motifs is 3. The lowest BCUT2D eigenvalue weighted by Crippen LogP contribution is -2.36. The number of nitrogens with zero attached hydrogens (tertiary/aromatic N) is 4. The zero-order valence-corrected chi connectivity index (χ0v) is 21.6. The van der Waals surface area contributed by atoms with Crippen molar-refractivity contribution in [1.29, 1.82) is 0 Å². The van der Waals surface area contributed by atoms with Gasteiger partial charge in [0, 0.05) is 34.2 Å². The lowest BCUT2D eigenvalue weighted by molar-refractivity contribution is 0.0945. The average Bonchev–Trinajstić information content (AvgIpc) is 3.67. The molecule has 0 bridgehead atoms. The average molecular weight is 531 g/mol. The number of likely N-dealkylation sites (tertiary alicyclic amines) is 1. The van der Waals surface area contributed by atoms with Gasteiger partial charge in [-0.15, -0.1) is 0 Å². The van der Waals surface area contributed by atoms with E-state index in [-0.39, 0.29) is 14.6 Å². The number of imidazole rings is 1. The van der Waals surface area contributed by atoms with Crippen molar-refractivity contribution in [3.63, 3.8) is 0 Å². The Hall–Kier alpha value is -2.95. The maximum absolute atomic E-state index is 14.1. The third-order valence-corrected chi connectivity index (χ3v) is 7.79. The van der Waals surface area contributed by atoms with E-state index in [1.165, 1.54) is 43.3 Å². The SMILES string of the molecule is C1CCNC1.O=C(NCCCN1CCC(F)CC1)c1cc2sc3nc(-c4ccccc4F)cn3c2cn1.[HH].[HH]. The molecule has 2 fully saturated rings. The van der Waals surface area contributed by atoms with Crippen molar-refractivity contribution in [3.8, 4) is 11.3 Å². The van der Waals surface area contributed by atoms with Crippen LogP contribution in [0.4, 0.5) is 8.78 Å². The minimum absolute atomic E-state index is 0. The maximum atomic E-state index is 14.1. The summed E-state index contributed by atoms with van der Waals surface area (Å²) in [6.07, 6.45) is 7.57. The number of hydrogen-bond acceptors (Lipinski definition) is 6. The summed E-state index contributed by atoms with van der Waals surface area (Å²) in [5.74, 6) is -0.529. The fourth-order valence-electron chi connectivity index (χ4n) is 4.67. The molecule has 10 heteroatoms. The number of benzene rings is 1. The predicted octanol–water partition coefficient (Wildman–Crippen LogP) is 5.17. The number of piperidine rings is 1. The van der Waals surface area contributed by atoms with E-state index >= 15 is 0 Å². The first kappa shape index (κ1) is 25.7. The number of carbonyl (C=O) groups is 1. The molecule has 2 N–H and O–H groups in total. The molecule has 200 valence electrons. The predicted molar refractivity (Wildman–Crippen MR) is 148 cm³/mol.